The van der Waals surface area contributed by atoms with E-state index in [1.807, 2.05) is 62.4 Å². The normalized spacial score (nSPS) is 11.8. The minimum absolute atomic E-state index is 0.115. The smallest absolute Gasteiger partial charge is 0.319 e. The van der Waals surface area contributed by atoms with Crippen LogP contribution in [-0.4, -0.2) is 17.7 Å². The molecule has 0 fully saturated rings. The van der Waals surface area contributed by atoms with Crippen molar-refractivity contribution >= 4 is 11.7 Å². The summed E-state index contributed by atoms with van der Waals surface area (Å²) in [5.41, 5.74) is 4.05. The molecule has 3 N–H and O–H groups in total. The van der Waals surface area contributed by atoms with Crippen molar-refractivity contribution in [2.75, 3.05) is 11.9 Å². The van der Waals surface area contributed by atoms with Gasteiger partial charge in [0.05, 0.1) is 6.04 Å². The Balaban J connectivity index is 2.05. The van der Waals surface area contributed by atoms with E-state index in [0.717, 1.165) is 16.8 Å². The van der Waals surface area contributed by atoms with E-state index in [9.17, 15) is 4.79 Å². The lowest BCUT2D eigenvalue weighted by Gasteiger charge is -2.20. The van der Waals surface area contributed by atoms with Crippen LogP contribution in [0.25, 0.3) is 0 Å². The second kappa shape index (κ2) is 8.34. The molecule has 23 heavy (non-hydrogen) atoms. The Morgan fingerprint density at radius 2 is 1.87 bits per heavy atom. The molecule has 2 rings (SSSR count). The Morgan fingerprint density at radius 1 is 1.13 bits per heavy atom. The number of aliphatic hydroxyl groups excluding tert-OH is 1. The van der Waals surface area contributed by atoms with Crippen molar-refractivity contribution in [1.82, 2.24) is 5.32 Å². The van der Waals surface area contributed by atoms with Crippen LogP contribution in [0, 0.1) is 13.8 Å². The highest BCUT2D eigenvalue weighted by Crippen LogP contribution is 2.20. The zero-order valence-corrected chi connectivity index (χ0v) is 13.7. The van der Waals surface area contributed by atoms with E-state index < -0.39 is 0 Å². The van der Waals surface area contributed by atoms with Crippen molar-refractivity contribution in [3.8, 4) is 0 Å². The number of rotatable bonds is 6. The molecule has 0 spiro atoms. The number of amides is 2. The van der Waals surface area contributed by atoms with Gasteiger partial charge < -0.3 is 15.7 Å². The number of hydrogen-bond acceptors (Lipinski definition) is 2. The molecular weight excluding hydrogens is 288 g/mol. The van der Waals surface area contributed by atoms with E-state index in [1.54, 1.807) is 0 Å². The lowest BCUT2D eigenvalue weighted by Crippen LogP contribution is -2.33. The molecule has 2 aromatic carbocycles. The van der Waals surface area contributed by atoms with Crippen LogP contribution in [0.4, 0.5) is 10.5 Å². The third-order valence-corrected chi connectivity index (χ3v) is 3.79. The fraction of sp³-hybridized carbons (Fsp3) is 0.316. The van der Waals surface area contributed by atoms with Crippen LogP contribution in [0.3, 0.4) is 0 Å². The Bertz CT molecular complexity index is 641. The van der Waals surface area contributed by atoms with Crippen molar-refractivity contribution in [3.05, 3.63) is 65.2 Å². The third kappa shape index (κ3) is 5.11. The number of carbonyl (C=O) groups excluding carboxylic acids is 1. The zero-order valence-electron chi connectivity index (χ0n) is 13.7. The van der Waals surface area contributed by atoms with Crippen molar-refractivity contribution in [3.63, 3.8) is 0 Å². The monoisotopic (exact) mass is 312 g/mol. The first-order chi connectivity index (χ1) is 11.1. The van der Waals surface area contributed by atoms with Gasteiger partial charge in [-0.25, -0.2) is 4.79 Å². The molecule has 1 unspecified atom stereocenters. The molecular formula is C19H24N2O2. The van der Waals surface area contributed by atoms with Gasteiger partial charge in [-0.2, -0.15) is 0 Å². The molecule has 4 heteroatoms. The molecule has 2 amide bonds. The Labute approximate surface area is 137 Å². The van der Waals surface area contributed by atoms with Gasteiger partial charge in [0.25, 0.3) is 0 Å². The number of aliphatic hydroxyl groups is 1. The molecule has 0 aliphatic rings. The number of aryl methyl sites for hydroxylation is 2. The predicted octanol–water partition coefficient (Wildman–Crippen LogP) is 3.94. The second-order valence-electron chi connectivity index (χ2n) is 5.75. The topological polar surface area (TPSA) is 61.4 Å². The number of anilines is 1. The van der Waals surface area contributed by atoms with Crippen LogP contribution in [0.2, 0.25) is 0 Å². The van der Waals surface area contributed by atoms with Gasteiger partial charge in [0.2, 0.25) is 0 Å². The van der Waals surface area contributed by atoms with Gasteiger partial charge in [-0.05, 0) is 43.9 Å². The minimum atomic E-state index is -0.233. The first-order valence-electron chi connectivity index (χ1n) is 7.90. The molecule has 122 valence electrons. The summed E-state index contributed by atoms with van der Waals surface area (Å²) in [4.78, 5) is 12.3. The fourth-order valence-electron chi connectivity index (χ4n) is 2.57. The molecule has 0 aliphatic carbocycles. The number of hydrogen-bond donors (Lipinski definition) is 3. The van der Waals surface area contributed by atoms with Gasteiger partial charge in [0.15, 0.2) is 0 Å². The maximum absolute atomic E-state index is 12.3. The van der Waals surface area contributed by atoms with Crippen molar-refractivity contribution in [1.29, 1.82) is 0 Å². The summed E-state index contributed by atoms with van der Waals surface area (Å²) in [5, 5.41) is 15.0. The van der Waals surface area contributed by atoms with Crippen molar-refractivity contribution in [2.24, 2.45) is 0 Å². The first kappa shape index (κ1) is 17.0. The van der Waals surface area contributed by atoms with E-state index >= 15 is 0 Å². The molecule has 0 saturated heterocycles. The lowest BCUT2D eigenvalue weighted by atomic mass is 10.0. The summed E-state index contributed by atoms with van der Waals surface area (Å²) in [7, 11) is 0. The first-order valence-corrected chi connectivity index (χ1v) is 7.90. The van der Waals surface area contributed by atoms with Gasteiger partial charge >= 0.3 is 6.03 Å². The summed E-state index contributed by atoms with van der Waals surface area (Å²) in [6.07, 6.45) is 1.34. The fourth-order valence-corrected chi connectivity index (χ4v) is 2.57. The largest absolute Gasteiger partial charge is 0.396 e. The van der Waals surface area contributed by atoms with Crippen LogP contribution >= 0.6 is 0 Å². The van der Waals surface area contributed by atoms with E-state index in [-0.39, 0.29) is 18.7 Å². The number of carbonyl (C=O) groups is 1. The molecule has 0 aliphatic heterocycles. The van der Waals surface area contributed by atoms with Gasteiger partial charge in [-0.15, -0.1) is 0 Å². The highest BCUT2D eigenvalue weighted by atomic mass is 16.3. The second-order valence-corrected chi connectivity index (χ2v) is 5.75. The molecule has 0 bridgehead atoms. The Hall–Kier alpha value is -2.33. The number of nitrogens with one attached hydrogen (secondary N) is 2. The van der Waals surface area contributed by atoms with Crippen LogP contribution in [0.1, 0.15) is 35.6 Å². The van der Waals surface area contributed by atoms with Crippen LogP contribution < -0.4 is 10.6 Å². The highest BCUT2D eigenvalue weighted by Gasteiger charge is 2.14. The average Bonchev–Trinajstić information content (AvgIpc) is 2.55. The van der Waals surface area contributed by atoms with Gasteiger partial charge in [-0.1, -0.05) is 48.0 Å². The molecule has 0 aromatic heterocycles. The maximum Gasteiger partial charge on any atom is 0.319 e. The summed E-state index contributed by atoms with van der Waals surface area (Å²) in [6, 6.07) is 15.4. The molecule has 4 nitrogen and oxygen atoms in total. The molecule has 0 saturated carbocycles. The zero-order chi connectivity index (χ0) is 16.7. The number of urea groups is 1. The Morgan fingerprint density at radius 3 is 2.52 bits per heavy atom. The van der Waals surface area contributed by atoms with Crippen molar-refractivity contribution in [2.45, 2.75) is 32.7 Å². The Kier molecular flexibility index (Phi) is 6.18. The van der Waals surface area contributed by atoms with E-state index in [1.165, 1.54) is 5.56 Å². The maximum atomic E-state index is 12.3. The van der Waals surface area contributed by atoms with Gasteiger partial charge in [0.1, 0.15) is 0 Å². The molecule has 2 aromatic rings. The summed E-state index contributed by atoms with van der Waals surface area (Å²) in [5.74, 6) is 0. The molecule has 0 radical (unpaired) electrons. The van der Waals surface area contributed by atoms with E-state index in [2.05, 4.69) is 10.6 Å². The predicted molar refractivity (Wildman–Crippen MR) is 93.6 cm³/mol. The van der Waals surface area contributed by atoms with Gasteiger partial charge in [-0.3, -0.25) is 0 Å². The van der Waals surface area contributed by atoms with Crippen molar-refractivity contribution < 1.29 is 9.90 Å². The highest BCUT2D eigenvalue weighted by molar-refractivity contribution is 5.90. The standard InChI is InChI=1S/C19H24N2O2/c1-14-10-11-17(15(2)13-14)20-19(23)21-18(9-6-12-22)16-7-4-3-5-8-16/h3-5,7-8,10-11,13,18,22H,6,9,12H2,1-2H3,(H2,20,21,23). The van der Waals surface area contributed by atoms with E-state index in [4.69, 9.17) is 5.11 Å². The summed E-state index contributed by atoms with van der Waals surface area (Å²) >= 11 is 0. The minimum Gasteiger partial charge on any atom is -0.396 e. The molecule has 1 atom stereocenters. The lowest BCUT2D eigenvalue weighted by molar-refractivity contribution is 0.244. The third-order valence-electron chi connectivity index (χ3n) is 3.79. The van der Waals surface area contributed by atoms with Crippen LogP contribution in [0.5, 0.6) is 0 Å². The number of benzene rings is 2. The van der Waals surface area contributed by atoms with E-state index in [0.29, 0.717) is 12.8 Å². The van der Waals surface area contributed by atoms with Crippen LogP contribution in [-0.2, 0) is 0 Å². The molecule has 0 heterocycles. The van der Waals surface area contributed by atoms with Gasteiger partial charge in [0, 0.05) is 12.3 Å². The summed E-state index contributed by atoms with van der Waals surface area (Å²) in [6.45, 7) is 4.12. The average molecular weight is 312 g/mol. The van der Waals surface area contributed by atoms with Crippen LogP contribution in [0.15, 0.2) is 48.5 Å². The SMILES string of the molecule is Cc1ccc(NC(=O)NC(CCCO)c2ccccc2)c(C)c1. The quantitative estimate of drug-likeness (QED) is 0.756. The summed E-state index contributed by atoms with van der Waals surface area (Å²) < 4.78 is 0.